The van der Waals surface area contributed by atoms with Gasteiger partial charge in [-0.05, 0) is 30.7 Å². The Bertz CT molecular complexity index is 582. The van der Waals surface area contributed by atoms with Crippen molar-refractivity contribution in [2.75, 3.05) is 5.75 Å². The van der Waals surface area contributed by atoms with E-state index in [1.807, 2.05) is 11.3 Å². The number of hydrogen-bond donors (Lipinski definition) is 1. The number of thiophene rings is 1. The van der Waals surface area contributed by atoms with Gasteiger partial charge < -0.3 is 0 Å². The number of aryl methyl sites for hydroxylation is 1. The second-order valence-corrected chi connectivity index (χ2v) is 12.1. The van der Waals surface area contributed by atoms with Crippen molar-refractivity contribution in [3.63, 3.8) is 0 Å². The van der Waals surface area contributed by atoms with Crippen molar-refractivity contribution in [2.45, 2.75) is 149 Å². The molecule has 1 aromatic rings. The van der Waals surface area contributed by atoms with Crippen LogP contribution in [0.5, 0.6) is 0 Å². The van der Waals surface area contributed by atoms with Crippen molar-refractivity contribution in [3.05, 3.63) is 22.4 Å². The zero-order valence-electron chi connectivity index (χ0n) is 21.9. The van der Waals surface area contributed by atoms with E-state index < -0.39 is 10.1 Å². The summed E-state index contributed by atoms with van der Waals surface area (Å²) in [4.78, 5) is 1.56. The molecule has 0 bridgehead atoms. The highest BCUT2D eigenvalue weighted by Gasteiger charge is 2.02. The Morgan fingerprint density at radius 2 is 1.03 bits per heavy atom. The Balaban J connectivity index is 0.000000622. The lowest BCUT2D eigenvalue weighted by Crippen LogP contribution is -2.03. The molecular weight excluding hydrogens is 448 g/mol. The lowest BCUT2D eigenvalue weighted by molar-refractivity contribution is 0.478. The molecule has 0 saturated carbocycles. The molecule has 5 heteroatoms. The third-order valence-corrected chi connectivity index (χ3v) is 7.85. The number of unbranched alkanes of at least 4 members (excludes halogenated alkanes) is 18. The minimum Gasteiger partial charge on any atom is -0.286 e. The largest absolute Gasteiger partial charge is 0.286 e. The van der Waals surface area contributed by atoms with Gasteiger partial charge in [-0.25, -0.2) is 0 Å². The summed E-state index contributed by atoms with van der Waals surface area (Å²) in [7, 11) is -3.73. The lowest BCUT2D eigenvalue weighted by Gasteiger charge is -2.01. The van der Waals surface area contributed by atoms with Crippen LogP contribution in [0, 0.1) is 0 Å². The monoisotopic (exact) mass is 502 g/mol. The van der Waals surface area contributed by atoms with Gasteiger partial charge in [0.05, 0.1) is 5.75 Å². The Labute approximate surface area is 210 Å². The second kappa shape index (κ2) is 24.7. The Hall–Kier alpha value is -0.390. The van der Waals surface area contributed by atoms with Crippen LogP contribution in [0.3, 0.4) is 0 Å². The molecular formula is C28H54O3S2. The van der Waals surface area contributed by atoms with Gasteiger partial charge in [0.2, 0.25) is 0 Å². The lowest BCUT2D eigenvalue weighted by atomic mass is 10.1. The third kappa shape index (κ3) is 27.7. The summed E-state index contributed by atoms with van der Waals surface area (Å²) in [5, 5.41) is 2.19. The maximum Gasteiger partial charge on any atom is 0.264 e. The molecule has 0 aliphatic carbocycles. The first-order valence-corrected chi connectivity index (χ1v) is 16.5. The molecule has 0 atom stereocenters. The predicted molar refractivity (Wildman–Crippen MR) is 148 cm³/mol. The standard InChI is InChI=1S/C16H28S.C12H26O3S/c1-2-3-4-5-6-7-8-9-10-11-13-16-14-12-15-17-16;1-2-3-4-5-6-7-8-9-10-11-12-16(13,14)15/h12,14-15H,2-11,13H2,1H3;2-12H2,1H3,(H,13,14,15). The van der Waals surface area contributed by atoms with Crippen molar-refractivity contribution >= 4 is 21.5 Å². The Morgan fingerprint density at radius 3 is 1.39 bits per heavy atom. The number of hydrogen-bond acceptors (Lipinski definition) is 3. The van der Waals surface area contributed by atoms with E-state index in [-0.39, 0.29) is 5.75 Å². The summed E-state index contributed by atoms with van der Waals surface area (Å²) < 4.78 is 29.4. The van der Waals surface area contributed by atoms with E-state index in [9.17, 15) is 8.42 Å². The zero-order valence-corrected chi connectivity index (χ0v) is 23.5. The number of rotatable bonds is 22. The molecule has 0 aliphatic heterocycles. The van der Waals surface area contributed by atoms with Crippen LogP contribution in [0.4, 0.5) is 0 Å². The van der Waals surface area contributed by atoms with Gasteiger partial charge >= 0.3 is 0 Å². The minimum atomic E-state index is -3.73. The third-order valence-electron chi connectivity index (χ3n) is 6.11. The molecule has 0 saturated heterocycles. The molecule has 3 nitrogen and oxygen atoms in total. The van der Waals surface area contributed by atoms with Gasteiger partial charge in [-0.3, -0.25) is 4.55 Å². The maximum atomic E-state index is 10.4. The molecule has 0 spiro atoms. The zero-order chi connectivity index (χ0) is 24.5. The highest BCUT2D eigenvalue weighted by atomic mass is 32.2. The van der Waals surface area contributed by atoms with Crippen LogP contribution in [-0.2, 0) is 16.5 Å². The second-order valence-electron chi connectivity index (χ2n) is 9.48. The SMILES string of the molecule is CCCCCCCCCCCCS(=O)(=O)O.CCCCCCCCCCCCc1cccs1. The van der Waals surface area contributed by atoms with E-state index in [1.165, 1.54) is 116 Å². The van der Waals surface area contributed by atoms with E-state index in [0.29, 0.717) is 6.42 Å². The molecule has 33 heavy (non-hydrogen) atoms. The smallest absolute Gasteiger partial charge is 0.264 e. The van der Waals surface area contributed by atoms with Crippen LogP contribution in [0.2, 0.25) is 0 Å². The van der Waals surface area contributed by atoms with Gasteiger partial charge in [0.25, 0.3) is 10.1 Å². The quantitative estimate of drug-likeness (QED) is 0.127. The topological polar surface area (TPSA) is 54.4 Å². The van der Waals surface area contributed by atoms with E-state index in [4.69, 9.17) is 4.55 Å². The van der Waals surface area contributed by atoms with Crippen LogP contribution in [0.1, 0.15) is 147 Å². The molecule has 1 rings (SSSR count). The summed E-state index contributed by atoms with van der Waals surface area (Å²) in [6.45, 7) is 4.50. The van der Waals surface area contributed by atoms with Crippen LogP contribution in [-0.4, -0.2) is 18.7 Å². The molecule has 196 valence electrons. The van der Waals surface area contributed by atoms with Gasteiger partial charge in [-0.15, -0.1) is 11.3 Å². The first kappa shape index (κ1) is 32.6. The molecule has 0 unspecified atom stereocenters. The van der Waals surface area contributed by atoms with Crippen LogP contribution in [0.15, 0.2) is 17.5 Å². The van der Waals surface area contributed by atoms with Crippen molar-refractivity contribution in [1.29, 1.82) is 0 Å². The molecule has 0 radical (unpaired) electrons. The van der Waals surface area contributed by atoms with Crippen molar-refractivity contribution in [2.24, 2.45) is 0 Å². The van der Waals surface area contributed by atoms with Gasteiger partial charge in [0, 0.05) is 4.88 Å². The van der Waals surface area contributed by atoms with Crippen molar-refractivity contribution < 1.29 is 13.0 Å². The first-order valence-electron chi connectivity index (χ1n) is 14.0. The molecule has 1 aromatic heterocycles. The molecule has 0 amide bonds. The Morgan fingerprint density at radius 1 is 0.636 bits per heavy atom. The van der Waals surface area contributed by atoms with Crippen molar-refractivity contribution in [1.82, 2.24) is 0 Å². The fourth-order valence-electron chi connectivity index (χ4n) is 4.01. The summed E-state index contributed by atoms with van der Waals surface area (Å²) in [5.74, 6) is -0.0799. The van der Waals surface area contributed by atoms with E-state index >= 15 is 0 Å². The summed E-state index contributed by atoms with van der Waals surface area (Å²) in [6, 6.07) is 4.43. The van der Waals surface area contributed by atoms with Crippen molar-refractivity contribution in [3.8, 4) is 0 Å². The van der Waals surface area contributed by atoms with Gasteiger partial charge in [-0.1, -0.05) is 135 Å². The van der Waals surface area contributed by atoms with Crippen LogP contribution in [0.25, 0.3) is 0 Å². The van der Waals surface area contributed by atoms with E-state index in [1.54, 1.807) is 4.88 Å². The highest BCUT2D eigenvalue weighted by Crippen LogP contribution is 2.15. The molecule has 0 aliphatic rings. The fraction of sp³-hybridized carbons (Fsp3) is 0.857. The average Bonchev–Trinajstić information content (AvgIpc) is 3.30. The highest BCUT2D eigenvalue weighted by molar-refractivity contribution is 7.85. The van der Waals surface area contributed by atoms with Crippen LogP contribution < -0.4 is 0 Å². The molecule has 1 N–H and O–H groups in total. The normalized spacial score (nSPS) is 11.4. The van der Waals surface area contributed by atoms with E-state index in [2.05, 4.69) is 31.4 Å². The summed E-state index contributed by atoms with van der Waals surface area (Å²) in [5.41, 5.74) is 0. The van der Waals surface area contributed by atoms with Crippen LogP contribution >= 0.6 is 11.3 Å². The minimum absolute atomic E-state index is 0.0799. The fourth-order valence-corrected chi connectivity index (χ4v) is 5.33. The summed E-state index contributed by atoms with van der Waals surface area (Å²) in [6.07, 6.45) is 27.3. The van der Waals surface area contributed by atoms with Gasteiger partial charge in [0.1, 0.15) is 0 Å². The Kier molecular flexibility index (Phi) is 24.4. The first-order chi connectivity index (χ1) is 16.0. The van der Waals surface area contributed by atoms with E-state index in [0.717, 1.165) is 12.8 Å². The van der Waals surface area contributed by atoms with Gasteiger partial charge in [-0.2, -0.15) is 8.42 Å². The average molecular weight is 503 g/mol. The predicted octanol–water partition coefficient (Wildman–Crippen LogP) is 10.0. The molecule has 1 heterocycles. The molecule has 0 fully saturated rings. The maximum absolute atomic E-state index is 10.4. The molecule has 0 aromatic carbocycles. The summed E-state index contributed by atoms with van der Waals surface area (Å²) >= 11 is 1.90. The van der Waals surface area contributed by atoms with Gasteiger partial charge in [0.15, 0.2) is 0 Å².